The highest BCUT2D eigenvalue weighted by Gasteiger charge is 2.51. The molecule has 0 aliphatic carbocycles. The first-order valence-electron chi connectivity index (χ1n) is 18.1. The molecule has 3 aliphatic heterocycles. The third-order valence-corrected chi connectivity index (χ3v) is 15.8. The molecule has 0 radical (unpaired) electrons. The second kappa shape index (κ2) is 14.7. The van der Waals surface area contributed by atoms with E-state index >= 15 is 0 Å². The van der Waals surface area contributed by atoms with E-state index in [0.29, 0.717) is 25.1 Å². The molecule has 7 rings (SSSR count). The van der Waals surface area contributed by atoms with Crippen LogP contribution in [0.5, 0.6) is 11.5 Å². The number of hydrogen-bond donors (Lipinski definition) is 1. The number of rotatable bonds is 10. The van der Waals surface area contributed by atoms with Crippen LogP contribution >= 0.6 is 0 Å². The smallest absolute Gasteiger partial charge is 0.269 e. The molecule has 1 saturated heterocycles. The fraction of sp³-hybridized carbons (Fsp3) is 0.381. The molecule has 5 atom stereocenters. The fourth-order valence-electron chi connectivity index (χ4n) is 8.68. The number of para-hydroxylation sites is 2. The number of aliphatic hydroxyl groups excluding tert-OH is 1. The fourth-order valence-corrected chi connectivity index (χ4v) is 12.7. The van der Waals surface area contributed by atoms with Gasteiger partial charge in [-0.05, 0) is 83.8 Å². The van der Waals surface area contributed by atoms with Crippen molar-refractivity contribution in [3.8, 4) is 11.5 Å². The number of methoxy groups -OCH3 is 1. The van der Waals surface area contributed by atoms with Crippen LogP contribution in [0.3, 0.4) is 0 Å². The van der Waals surface area contributed by atoms with Crippen LogP contribution in [0.25, 0.3) is 0 Å². The number of aliphatic hydroxyl groups is 1. The average Bonchev–Trinajstić information content (AvgIpc) is 3.48. The van der Waals surface area contributed by atoms with E-state index in [1.807, 2.05) is 65.6 Å². The van der Waals surface area contributed by atoms with Gasteiger partial charge in [0.25, 0.3) is 5.91 Å². The predicted molar refractivity (Wildman–Crippen MR) is 202 cm³/mol. The molecule has 0 unspecified atom stereocenters. The molecule has 0 bridgehead atoms. The van der Waals surface area contributed by atoms with E-state index in [1.54, 1.807) is 12.0 Å². The monoisotopic (exact) mass is 704 g/mol. The molecule has 266 valence electrons. The van der Waals surface area contributed by atoms with Crippen LogP contribution in [-0.2, 0) is 33.7 Å². The van der Waals surface area contributed by atoms with Crippen LogP contribution in [-0.4, -0.2) is 68.5 Å². The first kappa shape index (κ1) is 35.0. The van der Waals surface area contributed by atoms with E-state index in [2.05, 4.69) is 56.4 Å². The average molecular weight is 705 g/mol. The first-order chi connectivity index (χ1) is 24.7. The molecule has 51 heavy (non-hydrogen) atoms. The molecule has 4 aromatic rings. The Bertz CT molecular complexity index is 1860. The zero-order valence-corrected chi connectivity index (χ0v) is 31.0. The molecule has 3 heterocycles. The Morgan fingerprint density at radius 1 is 0.922 bits per heavy atom. The normalized spacial score (nSPS) is 23.0. The van der Waals surface area contributed by atoms with Crippen LogP contribution in [0, 0.1) is 5.92 Å². The van der Waals surface area contributed by atoms with Crippen LogP contribution in [0.2, 0.25) is 18.6 Å². The number of carbonyl (C=O) groups excluding carboxylic acids is 2. The van der Waals surface area contributed by atoms with Crippen molar-refractivity contribution in [1.29, 1.82) is 0 Å². The number of nitrogens with zero attached hydrogens (tertiary/aromatic N) is 2. The lowest BCUT2D eigenvalue weighted by Gasteiger charge is -2.39. The van der Waals surface area contributed by atoms with Gasteiger partial charge in [0.15, 0.2) is 6.61 Å². The van der Waals surface area contributed by atoms with Gasteiger partial charge < -0.3 is 24.2 Å². The maximum Gasteiger partial charge on any atom is 0.269 e. The van der Waals surface area contributed by atoms with Crippen molar-refractivity contribution in [2.24, 2.45) is 5.92 Å². The largest absolute Gasteiger partial charge is 0.497 e. The minimum Gasteiger partial charge on any atom is -0.497 e. The summed E-state index contributed by atoms with van der Waals surface area (Å²) in [6.45, 7) is 7.56. The summed E-state index contributed by atoms with van der Waals surface area (Å²) in [5, 5.41) is 11.6. The molecular formula is C42H48N2O6Si. The number of aryl methyl sites for hydroxylation is 1. The third kappa shape index (κ3) is 6.95. The zero-order chi connectivity index (χ0) is 35.7. The summed E-state index contributed by atoms with van der Waals surface area (Å²) in [6, 6.07) is 32.2. The summed E-state index contributed by atoms with van der Waals surface area (Å²) in [4.78, 5) is 30.6. The highest BCUT2D eigenvalue weighted by atomic mass is 28.3. The van der Waals surface area contributed by atoms with Crippen LogP contribution < -0.4 is 19.6 Å². The van der Waals surface area contributed by atoms with E-state index in [9.17, 15) is 14.7 Å². The Morgan fingerprint density at radius 2 is 1.63 bits per heavy atom. The quantitative estimate of drug-likeness (QED) is 0.192. The Morgan fingerprint density at radius 3 is 2.35 bits per heavy atom. The van der Waals surface area contributed by atoms with E-state index in [-0.39, 0.29) is 54.7 Å². The third-order valence-electron chi connectivity index (χ3n) is 11.5. The Balaban J connectivity index is 1.10. The van der Waals surface area contributed by atoms with Gasteiger partial charge in [0.1, 0.15) is 11.5 Å². The van der Waals surface area contributed by atoms with Crippen LogP contribution in [0.15, 0.2) is 97.1 Å². The molecule has 1 fully saturated rings. The zero-order valence-electron chi connectivity index (χ0n) is 30.0. The number of hydrogen-bond acceptors (Lipinski definition) is 6. The van der Waals surface area contributed by atoms with E-state index < -0.39 is 8.07 Å². The van der Waals surface area contributed by atoms with Gasteiger partial charge in [0.2, 0.25) is 5.91 Å². The number of fused-ring (bicyclic) bond motifs is 2. The van der Waals surface area contributed by atoms with Gasteiger partial charge in [-0.3, -0.25) is 14.5 Å². The summed E-state index contributed by atoms with van der Waals surface area (Å²) >= 11 is 0. The molecule has 1 N–H and O–H groups in total. The van der Waals surface area contributed by atoms with Gasteiger partial charge in [-0.1, -0.05) is 85.9 Å². The number of carbonyl (C=O) groups is 2. The molecular weight excluding hydrogens is 657 g/mol. The predicted octanol–water partition coefficient (Wildman–Crippen LogP) is 6.41. The molecule has 0 aromatic heterocycles. The molecule has 9 heteroatoms. The van der Waals surface area contributed by atoms with Crippen molar-refractivity contribution in [3.05, 3.63) is 114 Å². The number of benzene rings is 4. The van der Waals surface area contributed by atoms with Crippen molar-refractivity contribution >= 4 is 36.4 Å². The minimum atomic E-state index is -2.17. The molecule has 0 spiro atoms. The lowest BCUT2D eigenvalue weighted by Crippen LogP contribution is -2.52. The molecule has 4 aromatic carbocycles. The second-order valence-electron chi connectivity index (χ2n) is 14.8. The molecule has 3 aliphatic rings. The summed E-state index contributed by atoms with van der Waals surface area (Å²) < 4.78 is 18.1. The van der Waals surface area contributed by atoms with E-state index in [0.717, 1.165) is 35.5 Å². The van der Waals surface area contributed by atoms with Gasteiger partial charge in [-0.2, -0.15) is 0 Å². The van der Waals surface area contributed by atoms with Gasteiger partial charge in [-0.15, -0.1) is 0 Å². The maximum atomic E-state index is 14.2. The lowest BCUT2D eigenvalue weighted by atomic mass is 9.93. The minimum absolute atomic E-state index is 0.0130. The number of amides is 2. The lowest BCUT2D eigenvalue weighted by molar-refractivity contribution is -0.138. The van der Waals surface area contributed by atoms with Crippen LogP contribution in [0.1, 0.15) is 36.5 Å². The summed E-state index contributed by atoms with van der Waals surface area (Å²) in [6.07, 6.45) is 2.35. The topological polar surface area (TPSA) is 88.5 Å². The Hall–Kier alpha value is -4.44. The summed E-state index contributed by atoms with van der Waals surface area (Å²) in [5.41, 5.74) is 5.29. The highest BCUT2D eigenvalue weighted by Crippen LogP contribution is 2.47. The van der Waals surface area contributed by atoms with Crippen molar-refractivity contribution < 1.29 is 28.9 Å². The second-order valence-corrected chi connectivity index (χ2v) is 19.5. The molecule has 2 amide bonds. The summed E-state index contributed by atoms with van der Waals surface area (Å²) in [5.74, 6) is 1.72. The maximum absolute atomic E-state index is 14.2. The Labute approximate surface area is 302 Å². The van der Waals surface area contributed by atoms with Crippen molar-refractivity contribution in [2.75, 3.05) is 25.2 Å². The van der Waals surface area contributed by atoms with Crippen molar-refractivity contribution in [3.63, 3.8) is 0 Å². The number of anilines is 2. The van der Waals surface area contributed by atoms with Crippen LogP contribution in [0.4, 0.5) is 11.4 Å². The highest BCUT2D eigenvalue weighted by molar-refractivity contribution is 6.91. The Kier molecular flexibility index (Phi) is 10.1. The van der Waals surface area contributed by atoms with Gasteiger partial charge in [0, 0.05) is 12.2 Å². The first-order valence-corrected chi connectivity index (χ1v) is 21.2. The van der Waals surface area contributed by atoms with E-state index in [4.69, 9.17) is 14.2 Å². The number of ether oxygens (including phenoxy) is 3. The standard InChI is InChI=1S/C42H48N2O6Si/c1-28-37(22-15-29-13-16-32(17-14-29)44-36-11-7-8-12-38(36)49-27-41(44)47)50-39(42(28)51(3,4)35-20-18-34(48-2)19-21-35)24-40(46)43-25-31-10-6-5-9-30(31)23-33(43)26-45/h5-14,16-21,28,33,37,39,42,45H,15,22-27H2,1-4H3/t28-,33+,37+,39-,42+/m1/s1. The molecule has 0 saturated carbocycles. The summed E-state index contributed by atoms with van der Waals surface area (Å²) in [7, 11) is -0.484. The van der Waals surface area contributed by atoms with Gasteiger partial charge in [0.05, 0.1) is 52.1 Å². The van der Waals surface area contributed by atoms with E-state index in [1.165, 1.54) is 16.3 Å². The van der Waals surface area contributed by atoms with Gasteiger partial charge in [-0.25, -0.2) is 0 Å². The van der Waals surface area contributed by atoms with Crippen molar-refractivity contribution in [1.82, 2.24) is 4.90 Å². The SMILES string of the molecule is COc1ccc([Si](C)(C)[C@H]2[C@H](C)[C@H](CCc3ccc(N4C(=O)COc5ccccc54)cc3)O[C@@H]2CC(=O)N2Cc3ccccc3C[C@H]2CO)cc1. The van der Waals surface area contributed by atoms with Crippen molar-refractivity contribution in [2.45, 2.75) is 76.0 Å². The van der Waals surface area contributed by atoms with Gasteiger partial charge >= 0.3 is 0 Å². The molecule has 8 nitrogen and oxygen atoms in total.